The number of rotatable bonds is 7. The van der Waals surface area contributed by atoms with Gasteiger partial charge in [-0.1, -0.05) is 23.5 Å². The summed E-state index contributed by atoms with van der Waals surface area (Å²) in [6.45, 7) is 3.52. The Hall–Kier alpha value is -2.82. The predicted molar refractivity (Wildman–Crippen MR) is 108 cm³/mol. The summed E-state index contributed by atoms with van der Waals surface area (Å²) >= 11 is 1.19. The molecule has 166 valence electrons. The van der Waals surface area contributed by atoms with Crippen molar-refractivity contribution in [1.29, 1.82) is 0 Å². The molecule has 0 bridgehead atoms. The van der Waals surface area contributed by atoms with Gasteiger partial charge < -0.3 is 15.0 Å². The Morgan fingerprint density at radius 2 is 1.97 bits per heavy atom. The van der Waals surface area contributed by atoms with Crippen molar-refractivity contribution in [2.75, 3.05) is 24.5 Å². The van der Waals surface area contributed by atoms with Gasteiger partial charge in [-0.05, 0) is 43.4 Å². The number of anilines is 1. The van der Waals surface area contributed by atoms with Gasteiger partial charge in [-0.25, -0.2) is 9.78 Å². The SMILES string of the molecule is Cc1nc(N2CCN(Cc3ccc(OC(F)(F)F)cc3)C2=O)sc1C(=O)NCC1CC1. The summed E-state index contributed by atoms with van der Waals surface area (Å²) in [5.41, 5.74) is 1.26. The van der Waals surface area contributed by atoms with Crippen LogP contribution in [0.5, 0.6) is 5.75 Å². The zero-order valence-corrected chi connectivity index (χ0v) is 17.6. The van der Waals surface area contributed by atoms with Gasteiger partial charge in [-0.2, -0.15) is 0 Å². The first kappa shape index (κ1) is 21.4. The van der Waals surface area contributed by atoms with Crippen LogP contribution in [-0.4, -0.2) is 47.8 Å². The van der Waals surface area contributed by atoms with Crippen LogP contribution in [0, 0.1) is 12.8 Å². The van der Waals surface area contributed by atoms with Crippen LogP contribution in [0.2, 0.25) is 0 Å². The fourth-order valence-electron chi connectivity index (χ4n) is 3.27. The minimum absolute atomic E-state index is 0.169. The van der Waals surface area contributed by atoms with E-state index < -0.39 is 6.36 Å². The van der Waals surface area contributed by atoms with E-state index in [1.54, 1.807) is 11.8 Å². The van der Waals surface area contributed by atoms with Gasteiger partial charge in [0.2, 0.25) is 0 Å². The van der Waals surface area contributed by atoms with E-state index in [1.165, 1.54) is 40.5 Å². The number of alkyl halides is 3. The minimum atomic E-state index is -4.74. The molecule has 0 unspecified atom stereocenters. The summed E-state index contributed by atoms with van der Waals surface area (Å²) in [5.74, 6) is 0.0913. The fraction of sp³-hybridized carbons (Fsp3) is 0.450. The number of benzene rings is 1. The van der Waals surface area contributed by atoms with E-state index in [-0.39, 0.29) is 24.2 Å². The lowest BCUT2D eigenvalue weighted by molar-refractivity contribution is -0.274. The first-order valence-corrected chi connectivity index (χ1v) is 10.7. The summed E-state index contributed by atoms with van der Waals surface area (Å²) in [5, 5.41) is 3.38. The third-order valence-corrected chi connectivity index (χ3v) is 6.28. The number of aryl methyl sites for hydroxylation is 1. The third kappa shape index (κ3) is 5.27. The van der Waals surface area contributed by atoms with Crippen LogP contribution < -0.4 is 15.0 Å². The van der Waals surface area contributed by atoms with E-state index in [9.17, 15) is 22.8 Å². The van der Waals surface area contributed by atoms with Crippen molar-refractivity contribution in [3.05, 3.63) is 40.4 Å². The van der Waals surface area contributed by atoms with Gasteiger partial charge in [0.1, 0.15) is 10.6 Å². The molecule has 1 saturated heterocycles. The molecular formula is C20H21F3N4O3S. The largest absolute Gasteiger partial charge is 0.573 e. The van der Waals surface area contributed by atoms with Crippen LogP contribution in [0.1, 0.15) is 33.8 Å². The molecular weight excluding hydrogens is 433 g/mol. The van der Waals surface area contributed by atoms with Crippen LogP contribution in [0.25, 0.3) is 0 Å². The molecule has 1 saturated carbocycles. The van der Waals surface area contributed by atoms with E-state index in [1.807, 2.05) is 0 Å². The highest BCUT2D eigenvalue weighted by molar-refractivity contribution is 7.17. The quantitative estimate of drug-likeness (QED) is 0.688. The van der Waals surface area contributed by atoms with E-state index >= 15 is 0 Å². The maximum absolute atomic E-state index is 12.8. The van der Waals surface area contributed by atoms with Gasteiger partial charge in [-0.15, -0.1) is 13.2 Å². The number of hydrogen-bond donors (Lipinski definition) is 1. The lowest BCUT2D eigenvalue weighted by Gasteiger charge is -2.17. The van der Waals surface area contributed by atoms with Gasteiger partial charge in [0, 0.05) is 26.2 Å². The second kappa shape index (κ2) is 8.37. The molecule has 1 aromatic heterocycles. The van der Waals surface area contributed by atoms with Crippen molar-refractivity contribution in [1.82, 2.24) is 15.2 Å². The summed E-state index contributed by atoms with van der Waals surface area (Å²) in [6, 6.07) is 5.17. The standard InChI is InChI=1S/C20H21F3N4O3S/c1-12-16(17(28)24-10-13-2-3-13)31-18(25-12)27-9-8-26(19(27)29)11-14-4-6-15(7-5-14)30-20(21,22)23/h4-7,13H,2-3,8-11H2,1H3,(H,24,28). The number of amides is 3. The van der Waals surface area contributed by atoms with Crippen molar-refractivity contribution in [2.24, 2.45) is 5.92 Å². The maximum atomic E-state index is 12.8. The highest BCUT2D eigenvalue weighted by Crippen LogP contribution is 2.31. The second-order valence-corrected chi connectivity index (χ2v) is 8.59. The molecule has 11 heteroatoms. The Balaban J connectivity index is 1.37. The molecule has 1 N–H and O–H groups in total. The lowest BCUT2D eigenvalue weighted by atomic mass is 10.2. The van der Waals surface area contributed by atoms with E-state index in [0.29, 0.717) is 46.8 Å². The first-order chi connectivity index (χ1) is 14.7. The molecule has 0 radical (unpaired) electrons. The zero-order valence-electron chi connectivity index (χ0n) is 16.7. The maximum Gasteiger partial charge on any atom is 0.573 e. The van der Waals surface area contributed by atoms with Crippen molar-refractivity contribution in [2.45, 2.75) is 32.7 Å². The van der Waals surface area contributed by atoms with E-state index in [4.69, 9.17) is 0 Å². The molecule has 1 aromatic carbocycles. The topological polar surface area (TPSA) is 74.8 Å². The molecule has 2 aromatic rings. The Kier molecular flexibility index (Phi) is 5.78. The van der Waals surface area contributed by atoms with Crippen LogP contribution in [0.4, 0.5) is 23.1 Å². The zero-order chi connectivity index (χ0) is 22.2. The molecule has 2 fully saturated rings. The number of halogens is 3. The van der Waals surface area contributed by atoms with Crippen molar-refractivity contribution >= 4 is 28.4 Å². The molecule has 1 aliphatic carbocycles. The number of aromatic nitrogens is 1. The number of nitrogens with one attached hydrogen (secondary N) is 1. The van der Waals surface area contributed by atoms with Crippen molar-refractivity contribution < 1.29 is 27.5 Å². The Labute approximate surface area is 180 Å². The molecule has 7 nitrogen and oxygen atoms in total. The summed E-state index contributed by atoms with van der Waals surface area (Å²) in [7, 11) is 0. The van der Waals surface area contributed by atoms with Crippen molar-refractivity contribution in [3.8, 4) is 5.75 Å². The van der Waals surface area contributed by atoms with E-state index in [0.717, 1.165) is 12.8 Å². The Bertz CT molecular complexity index is 973. The van der Waals surface area contributed by atoms with Gasteiger partial charge >= 0.3 is 12.4 Å². The molecule has 0 spiro atoms. The average Bonchev–Trinajstić information content (AvgIpc) is 3.36. The molecule has 4 rings (SSSR count). The van der Waals surface area contributed by atoms with Gasteiger partial charge in [0.15, 0.2) is 5.13 Å². The number of nitrogens with zero attached hydrogens (tertiary/aromatic N) is 3. The van der Waals surface area contributed by atoms with Crippen LogP contribution in [0.3, 0.4) is 0 Å². The van der Waals surface area contributed by atoms with Crippen LogP contribution in [0.15, 0.2) is 24.3 Å². The Morgan fingerprint density at radius 3 is 2.61 bits per heavy atom. The van der Waals surface area contributed by atoms with Crippen LogP contribution in [-0.2, 0) is 6.54 Å². The molecule has 2 heterocycles. The summed E-state index contributed by atoms with van der Waals surface area (Å²) in [6.07, 6.45) is -2.46. The summed E-state index contributed by atoms with van der Waals surface area (Å²) in [4.78, 5) is 33.2. The molecule has 1 aliphatic heterocycles. The number of urea groups is 1. The van der Waals surface area contributed by atoms with Gasteiger partial charge in [0.05, 0.1) is 5.69 Å². The predicted octanol–water partition coefficient (Wildman–Crippen LogP) is 3.93. The first-order valence-electron chi connectivity index (χ1n) is 9.86. The van der Waals surface area contributed by atoms with Gasteiger partial charge in [0.25, 0.3) is 5.91 Å². The highest BCUT2D eigenvalue weighted by atomic mass is 32.1. The summed E-state index contributed by atoms with van der Waals surface area (Å²) < 4.78 is 40.7. The third-order valence-electron chi connectivity index (χ3n) is 5.10. The lowest BCUT2D eigenvalue weighted by Crippen LogP contribution is -2.31. The number of hydrogen-bond acceptors (Lipinski definition) is 5. The fourth-order valence-corrected chi connectivity index (χ4v) is 4.27. The molecule has 3 amide bonds. The van der Waals surface area contributed by atoms with Crippen LogP contribution >= 0.6 is 11.3 Å². The second-order valence-electron chi connectivity index (χ2n) is 7.61. The van der Waals surface area contributed by atoms with E-state index in [2.05, 4.69) is 15.0 Å². The monoisotopic (exact) mass is 454 g/mol. The minimum Gasteiger partial charge on any atom is -0.406 e. The smallest absolute Gasteiger partial charge is 0.406 e. The molecule has 31 heavy (non-hydrogen) atoms. The number of carbonyl (C=O) groups excluding carboxylic acids is 2. The average molecular weight is 454 g/mol. The normalized spacial score (nSPS) is 16.7. The molecule has 0 atom stereocenters. The number of carbonyl (C=O) groups is 2. The molecule has 2 aliphatic rings. The Morgan fingerprint density at radius 1 is 1.26 bits per heavy atom. The number of ether oxygens (including phenoxy) is 1. The highest BCUT2D eigenvalue weighted by Gasteiger charge is 2.33. The van der Waals surface area contributed by atoms with Gasteiger partial charge in [-0.3, -0.25) is 9.69 Å². The van der Waals surface area contributed by atoms with Crippen molar-refractivity contribution in [3.63, 3.8) is 0 Å². The number of thiazole rings is 1.